The molecule has 0 fully saturated rings. The molecular weight excluding hydrogens is 459 g/mol. The van der Waals surface area contributed by atoms with Crippen LogP contribution in [0.25, 0.3) is 0 Å². The van der Waals surface area contributed by atoms with Gasteiger partial charge in [-0.2, -0.15) is 0 Å². The van der Waals surface area contributed by atoms with E-state index in [2.05, 4.69) is 10.6 Å². The minimum Gasteiger partial charge on any atom is -0.496 e. The van der Waals surface area contributed by atoms with Crippen LogP contribution in [0, 0.1) is 0 Å². The Hall–Kier alpha value is -2.48. The first-order chi connectivity index (χ1) is 14.8. The third-order valence-corrected chi connectivity index (χ3v) is 5.43. The summed E-state index contributed by atoms with van der Waals surface area (Å²) in [5.74, 6) is 0.737. The number of carbonyl (C=O) groups excluding carboxylic acids is 1. The van der Waals surface area contributed by atoms with Gasteiger partial charge in [-0.25, -0.2) is 4.79 Å². The Balaban J connectivity index is 1.93. The highest BCUT2D eigenvalue weighted by Crippen LogP contribution is 2.33. The molecule has 0 radical (unpaired) electrons. The molecule has 9 heteroatoms. The maximum absolute atomic E-state index is 12.6. The van der Waals surface area contributed by atoms with Gasteiger partial charge in [-0.3, -0.25) is 0 Å². The number of nitrogens with one attached hydrogen (secondary N) is 2. The number of rotatable bonds is 7. The quantitative estimate of drug-likeness (QED) is 0.429. The summed E-state index contributed by atoms with van der Waals surface area (Å²) < 4.78 is 16.6. The second-order valence-electron chi connectivity index (χ2n) is 6.73. The molecule has 2 aromatic carbocycles. The van der Waals surface area contributed by atoms with E-state index in [9.17, 15) is 4.79 Å². The van der Waals surface area contributed by atoms with Crippen LogP contribution in [0.4, 0.5) is 0 Å². The van der Waals surface area contributed by atoms with Gasteiger partial charge in [-0.1, -0.05) is 29.3 Å². The van der Waals surface area contributed by atoms with Crippen molar-refractivity contribution in [1.29, 1.82) is 0 Å². The van der Waals surface area contributed by atoms with Crippen molar-refractivity contribution in [3.63, 3.8) is 0 Å². The molecule has 0 aromatic heterocycles. The lowest BCUT2D eigenvalue weighted by Gasteiger charge is -2.30. The van der Waals surface area contributed by atoms with Gasteiger partial charge in [0, 0.05) is 16.3 Å². The number of methoxy groups -OCH3 is 1. The maximum atomic E-state index is 12.6. The van der Waals surface area contributed by atoms with Crippen LogP contribution in [0.15, 0.2) is 47.7 Å². The fraction of sp³-hybridized carbons (Fsp3) is 0.273. The first kappa shape index (κ1) is 23.2. The summed E-state index contributed by atoms with van der Waals surface area (Å²) in [6.45, 7) is 4.03. The van der Waals surface area contributed by atoms with Crippen LogP contribution in [-0.4, -0.2) is 24.8 Å². The molecule has 1 heterocycles. The van der Waals surface area contributed by atoms with Crippen LogP contribution in [0.1, 0.15) is 31.0 Å². The topological polar surface area (TPSA) is 68.8 Å². The standard InChI is InChI=1S/C22H22Cl2N2O4S/c1-4-29-21(27)19-12(2)25-22(31)26-20(19)13-5-7-17(28-3)14(9-13)11-30-18-8-6-15(23)10-16(18)24/h5-10,20H,4,11H2,1-3H3,(H2,25,26,31). The molecule has 164 valence electrons. The summed E-state index contributed by atoms with van der Waals surface area (Å²) in [5.41, 5.74) is 2.70. The molecule has 1 atom stereocenters. The fourth-order valence-electron chi connectivity index (χ4n) is 3.26. The van der Waals surface area contributed by atoms with Gasteiger partial charge in [0.05, 0.1) is 30.4 Å². The zero-order chi connectivity index (χ0) is 22.5. The molecule has 6 nitrogen and oxygen atoms in total. The minimum atomic E-state index is -0.475. The van der Waals surface area contributed by atoms with Crippen LogP contribution >= 0.6 is 35.4 Å². The largest absolute Gasteiger partial charge is 0.496 e. The van der Waals surface area contributed by atoms with Crippen LogP contribution in [0.2, 0.25) is 10.0 Å². The van der Waals surface area contributed by atoms with E-state index < -0.39 is 12.0 Å². The molecule has 31 heavy (non-hydrogen) atoms. The summed E-state index contributed by atoms with van der Waals surface area (Å²) in [4.78, 5) is 12.6. The van der Waals surface area contributed by atoms with E-state index in [1.165, 1.54) is 0 Å². The smallest absolute Gasteiger partial charge is 0.338 e. The molecule has 0 aliphatic carbocycles. The minimum absolute atomic E-state index is 0.200. The Morgan fingerprint density at radius 3 is 2.58 bits per heavy atom. The Kier molecular flexibility index (Phi) is 7.64. The van der Waals surface area contributed by atoms with Gasteiger partial charge in [0.25, 0.3) is 0 Å². The summed E-state index contributed by atoms with van der Waals surface area (Å²) in [5, 5.41) is 7.51. The molecule has 0 spiro atoms. The van der Waals surface area contributed by atoms with Crippen molar-refractivity contribution < 1.29 is 19.0 Å². The molecule has 2 aromatic rings. The van der Waals surface area contributed by atoms with E-state index in [1.54, 1.807) is 39.2 Å². The normalized spacial score (nSPS) is 15.8. The zero-order valence-electron chi connectivity index (χ0n) is 17.3. The molecule has 1 aliphatic rings. The molecule has 0 saturated carbocycles. The van der Waals surface area contributed by atoms with Crippen molar-refractivity contribution in [3.8, 4) is 11.5 Å². The predicted molar refractivity (Wildman–Crippen MR) is 125 cm³/mol. The van der Waals surface area contributed by atoms with Crippen LogP contribution in [-0.2, 0) is 16.1 Å². The van der Waals surface area contributed by atoms with Crippen LogP contribution in [0.5, 0.6) is 11.5 Å². The number of esters is 1. The van der Waals surface area contributed by atoms with Crippen molar-refractivity contribution in [2.45, 2.75) is 26.5 Å². The van der Waals surface area contributed by atoms with E-state index in [-0.39, 0.29) is 13.2 Å². The van der Waals surface area contributed by atoms with Gasteiger partial charge in [-0.05, 0) is 62.0 Å². The monoisotopic (exact) mass is 480 g/mol. The summed E-state index contributed by atoms with van der Waals surface area (Å²) in [6, 6.07) is 10.1. The van der Waals surface area contributed by atoms with Gasteiger partial charge in [0.1, 0.15) is 18.1 Å². The Bertz CT molecular complexity index is 1040. The Labute approximate surface area is 196 Å². The van der Waals surface area contributed by atoms with E-state index in [0.29, 0.717) is 37.9 Å². The van der Waals surface area contributed by atoms with Crippen molar-refractivity contribution in [1.82, 2.24) is 10.6 Å². The van der Waals surface area contributed by atoms with Gasteiger partial charge in [0.15, 0.2) is 5.11 Å². The lowest BCUT2D eigenvalue weighted by Crippen LogP contribution is -2.45. The average molecular weight is 481 g/mol. The third kappa shape index (κ3) is 5.42. The van der Waals surface area contributed by atoms with E-state index >= 15 is 0 Å². The lowest BCUT2D eigenvalue weighted by atomic mass is 9.94. The number of allylic oxidation sites excluding steroid dienone is 1. The highest BCUT2D eigenvalue weighted by Gasteiger charge is 2.31. The molecule has 0 amide bonds. The first-order valence-electron chi connectivity index (χ1n) is 9.54. The Morgan fingerprint density at radius 2 is 1.90 bits per heavy atom. The summed E-state index contributed by atoms with van der Waals surface area (Å²) in [7, 11) is 1.58. The van der Waals surface area contributed by atoms with Crippen molar-refractivity contribution in [3.05, 3.63) is 68.8 Å². The molecule has 3 rings (SSSR count). The number of halogens is 2. The van der Waals surface area contributed by atoms with E-state index in [4.69, 9.17) is 49.6 Å². The number of carbonyl (C=O) groups is 1. The number of hydrogen-bond acceptors (Lipinski definition) is 5. The number of ether oxygens (including phenoxy) is 3. The maximum Gasteiger partial charge on any atom is 0.338 e. The molecule has 2 N–H and O–H groups in total. The highest BCUT2D eigenvalue weighted by molar-refractivity contribution is 7.80. The number of hydrogen-bond donors (Lipinski definition) is 2. The van der Waals surface area contributed by atoms with E-state index in [0.717, 1.165) is 11.1 Å². The van der Waals surface area contributed by atoms with E-state index in [1.807, 2.05) is 18.2 Å². The molecule has 1 unspecified atom stereocenters. The van der Waals surface area contributed by atoms with Crippen LogP contribution < -0.4 is 20.1 Å². The molecule has 1 aliphatic heterocycles. The lowest BCUT2D eigenvalue weighted by molar-refractivity contribution is -0.139. The fourth-order valence-corrected chi connectivity index (χ4v) is 4.00. The van der Waals surface area contributed by atoms with Crippen LogP contribution in [0.3, 0.4) is 0 Å². The molecular formula is C22H22Cl2N2O4S. The van der Waals surface area contributed by atoms with Gasteiger partial charge in [0.2, 0.25) is 0 Å². The van der Waals surface area contributed by atoms with Crippen molar-refractivity contribution in [2.24, 2.45) is 0 Å². The molecule has 0 bridgehead atoms. The SMILES string of the molecule is CCOC(=O)C1=C(C)NC(=S)NC1c1ccc(OC)c(COc2ccc(Cl)cc2Cl)c1. The van der Waals surface area contributed by atoms with Gasteiger partial charge < -0.3 is 24.8 Å². The molecule has 0 saturated heterocycles. The summed E-state index contributed by atoms with van der Waals surface area (Å²) >= 11 is 17.5. The van der Waals surface area contributed by atoms with Crippen molar-refractivity contribution in [2.75, 3.05) is 13.7 Å². The Morgan fingerprint density at radius 1 is 1.16 bits per heavy atom. The third-order valence-electron chi connectivity index (χ3n) is 4.68. The van der Waals surface area contributed by atoms with Gasteiger partial charge >= 0.3 is 5.97 Å². The average Bonchev–Trinajstić information content (AvgIpc) is 2.72. The highest BCUT2D eigenvalue weighted by atomic mass is 35.5. The van der Waals surface area contributed by atoms with Gasteiger partial charge in [-0.15, -0.1) is 0 Å². The predicted octanol–water partition coefficient (Wildman–Crippen LogP) is 4.94. The zero-order valence-corrected chi connectivity index (χ0v) is 19.6. The second-order valence-corrected chi connectivity index (χ2v) is 7.98. The van der Waals surface area contributed by atoms with Crippen molar-refractivity contribution >= 4 is 46.5 Å². The summed E-state index contributed by atoms with van der Waals surface area (Å²) in [6.07, 6.45) is 0. The second kappa shape index (κ2) is 10.2. The number of thiocarbonyl (C=S) groups is 1. The first-order valence-corrected chi connectivity index (χ1v) is 10.7. The number of benzene rings is 2.